The summed E-state index contributed by atoms with van der Waals surface area (Å²) in [6, 6.07) is 29.4. The Labute approximate surface area is 656 Å². The van der Waals surface area contributed by atoms with Gasteiger partial charge in [-0.3, -0.25) is 0 Å². The number of hydrogen-bond acceptors (Lipinski definition) is 20. The van der Waals surface area contributed by atoms with E-state index in [0.717, 1.165) is 44.5 Å². The largest absolute Gasteiger partial charge is 1.00 e. The SMILES string of the molecule is CC[C@H]1c2cc3c4cc2Oc2cc5nc(CC(=O)[O-])[nH]c5cc2Oc2cc5c(cc21)[C@H](CC)c1cc2c(cc1Oc1cc6[nH]c(CC(=O)[O-])nc6cc1O5)Oc1cc5nc(CC(=O)[O-])[nH]c5cc1Oc1cc(c(cc1[C@H]2CC)[C@@H]3CC)Oc1cc2nc(CC(=O)[O-])[nH]c2cc1O4.[Na+].[Na+].[Na+].[Na+]. The molecule has 4 atom stereocenters. The number of carboxylic acid groups (broad SMARTS) is 4. The van der Waals surface area contributed by atoms with Gasteiger partial charge in [0.1, 0.15) is 69.3 Å². The maximum atomic E-state index is 12.0. The van der Waals surface area contributed by atoms with Gasteiger partial charge in [0, 0.05) is 191 Å². The van der Waals surface area contributed by atoms with Crippen molar-refractivity contribution in [2.75, 3.05) is 0 Å². The Balaban J connectivity index is 0.00000224. The molecular weight excluding hydrogens is 1320 g/mol. The third kappa shape index (κ3) is 12.4. The second kappa shape index (κ2) is 27.4. The van der Waals surface area contributed by atoms with Crippen molar-refractivity contribution in [3.63, 3.8) is 0 Å². The number of aromatic nitrogens is 8. The van der Waals surface area contributed by atoms with Crippen LogP contribution in [0.1, 0.15) is 145 Å². The summed E-state index contributed by atoms with van der Waals surface area (Å²) in [5, 5.41) is 47.9. The Kier molecular flexibility index (Phi) is 19.3. The number of nitrogens with one attached hydrogen (secondary N) is 4. The third-order valence-electron chi connectivity index (χ3n) is 18.6. The molecule has 0 saturated heterocycles. The molecule has 0 spiro atoms. The van der Waals surface area contributed by atoms with Crippen molar-refractivity contribution < 1.29 is 196 Å². The Bertz CT molecular complexity index is 4510. The van der Waals surface area contributed by atoms with E-state index in [9.17, 15) is 39.6 Å². The van der Waals surface area contributed by atoms with E-state index < -0.39 is 73.2 Å². The second-order valence-electron chi connectivity index (χ2n) is 24.6. The van der Waals surface area contributed by atoms with Crippen LogP contribution in [-0.2, 0) is 44.9 Å². The van der Waals surface area contributed by atoms with Gasteiger partial charge < -0.3 is 97.4 Å². The van der Waals surface area contributed by atoms with Crippen LogP contribution in [-0.4, -0.2) is 63.7 Å². The van der Waals surface area contributed by atoms with Gasteiger partial charge in [0.15, 0.2) is 46.0 Å². The van der Waals surface area contributed by atoms with Gasteiger partial charge in [-0.15, -0.1) is 0 Å². The number of rotatable bonds is 12. The number of ether oxygens (including phenoxy) is 8. The zero-order chi connectivity index (χ0) is 65.7. The van der Waals surface area contributed by atoms with Gasteiger partial charge in [-0.1, -0.05) is 27.7 Å². The van der Waals surface area contributed by atoms with Crippen LogP contribution >= 0.6 is 0 Å². The van der Waals surface area contributed by atoms with Gasteiger partial charge in [0.2, 0.25) is 0 Å². The van der Waals surface area contributed by atoms with Crippen molar-refractivity contribution in [3.8, 4) is 92.0 Å². The first-order valence-electron chi connectivity index (χ1n) is 31.5. The topological polar surface area (TPSA) is 349 Å². The van der Waals surface area contributed by atoms with Crippen molar-refractivity contribution in [3.05, 3.63) is 165 Å². The Hall–Kier alpha value is -8.08. The Morgan fingerprint density at radius 3 is 0.610 bits per heavy atom. The fourth-order valence-electron chi connectivity index (χ4n) is 14.4. The first kappa shape index (κ1) is 70.4. The molecule has 0 fully saturated rings. The molecular formula is C72H52N8Na4O16. The summed E-state index contributed by atoms with van der Waals surface area (Å²) in [5.74, 6) is -1.96. The molecule has 28 heteroatoms. The molecule has 1 aliphatic carbocycles. The molecule has 0 saturated carbocycles. The summed E-state index contributed by atoms with van der Waals surface area (Å²) in [7, 11) is 0. The minimum atomic E-state index is -1.33. The summed E-state index contributed by atoms with van der Waals surface area (Å²) in [6.45, 7) is 8.34. The van der Waals surface area contributed by atoms with Crippen LogP contribution in [0.15, 0.2) is 97.1 Å². The fourth-order valence-corrected chi connectivity index (χ4v) is 14.4. The number of benzene rings is 8. The molecule has 480 valence electrons. The minimum absolute atomic E-state index is 0. The maximum Gasteiger partial charge on any atom is 1.00 e. The summed E-state index contributed by atoms with van der Waals surface area (Å²) in [6.07, 6.45) is -0.0106. The first-order chi connectivity index (χ1) is 46.5. The van der Waals surface area contributed by atoms with E-state index in [1.165, 1.54) is 0 Å². The number of hydrogen-bond donors (Lipinski definition) is 4. The molecule has 4 aliphatic heterocycles. The number of H-pyrrole nitrogens is 4. The minimum Gasteiger partial charge on any atom is -0.550 e. The predicted molar refractivity (Wildman–Crippen MR) is 334 cm³/mol. The molecule has 100 heavy (non-hydrogen) atoms. The molecule has 0 amide bonds. The van der Waals surface area contributed by atoms with E-state index in [-0.39, 0.29) is 188 Å². The Morgan fingerprint density at radius 2 is 0.450 bits per heavy atom. The predicted octanol–water partition coefficient (Wildman–Crippen LogP) is -1.55. The van der Waals surface area contributed by atoms with Gasteiger partial charge in [-0.25, -0.2) is 19.9 Å². The van der Waals surface area contributed by atoms with Crippen LogP contribution in [0.4, 0.5) is 0 Å². The van der Waals surface area contributed by atoms with E-state index in [1.54, 1.807) is 48.5 Å². The standard InChI is InChI=1S/C72H56N8O16.4Na/c1-5-29-33-9-35-30(6-2)37-11-39-32(8-4)40-12-38-31(7-3)36-10-34(29)50-22-52(36)92-60-16-44-46(78-67(76-44)27-71(85)86)18-62(60)94-54(38)24-56(40)96-64-20-48-47(79-68(80-48)28-72(87)88)19-63(64)95-55(39)23-53(37)93-61-17-45-43(75-66(77-45)26-70(83)84)15-59(61)91-51(35)21-49(33)89-57-13-41-42(14-58(57)90-50)74-65(73-41)25-69(81)82;;;;/h9-24,29-32H,5-8,25-28H2,1-4H3,(H,73,74)(H,75,77)(H,76,78)(H,79,80)(H,81,82)(H,83,84)(H,85,86)(H,87,88);;;;/q;4*+1/p-4/t29-,30+,31-,32+;;;;. The molecule has 5 aliphatic rings. The van der Waals surface area contributed by atoms with E-state index in [1.807, 2.05) is 24.3 Å². The van der Waals surface area contributed by atoms with Gasteiger partial charge in [0.05, 0.1) is 44.1 Å². The van der Waals surface area contributed by atoms with E-state index >= 15 is 0 Å². The molecule has 0 radical (unpaired) electrons. The van der Waals surface area contributed by atoms with Crippen molar-refractivity contribution in [1.82, 2.24) is 39.9 Å². The second-order valence-corrected chi connectivity index (χ2v) is 24.6. The number of fused-ring (bicyclic) bond motifs is 8. The number of carboxylic acids is 4. The van der Waals surface area contributed by atoms with Crippen molar-refractivity contribution in [1.29, 1.82) is 0 Å². The smallest absolute Gasteiger partial charge is 0.550 e. The van der Waals surface area contributed by atoms with E-state index in [0.29, 0.717) is 116 Å². The van der Waals surface area contributed by atoms with Crippen LogP contribution in [0.3, 0.4) is 0 Å². The summed E-state index contributed by atoms with van der Waals surface area (Å²) in [5.41, 5.74) is 9.26. The number of carbonyl (C=O) groups is 4. The molecule has 4 aromatic heterocycles. The normalized spacial score (nSPS) is 16.0. The molecule has 8 heterocycles. The summed E-state index contributed by atoms with van der Waals surface area (Å²) >= 11 is 0. The summed E-state index contributed by atoms with van der Waals surface area (Å²) in [4.78, 5) is 79.0. The third-order valence-corrected chi connectivity index (χ3v) is 18.6. The average molecular weight is 1380 g/mol. The van der Waals surface area contributed by atoms with E-state index in [2.05, 4.69) is 91.8 Å². The number of nitrogens with zero attached hydrogens (tertiary/aromatic N) is 4. The quantitative estimate of drug-likeness (QED) is 0.101. The molecule has 0 unspecified atom stereocenters. The number of imidazole rings is 4. The van der Waals surface area contributed by atoms with Crippen LogP contribution in [0, 0.1) is 0 Å². The van der Waals surface area contributed by atoms with E-state index in [4.69, 9.17) is 37.9 Å². The maximum absolute atomic E-state index is 12.0. The number of aliphatic carboxylic acids is 4. The van der Waals surface area contributed by atoms with Crippen LogP contribution in [0.25, 0.3) is 44.1 Å². The monoisotopic (exact) mass is 1380 g/mol. The van der Waals surface area contributed by atoms with Crippen LogP contribution < -0.4 is 177 Å². The molecule has 12 aromatic rings. The number of carbonyl (C=O) groups excluding carboxylic acids is 4. The van der Waals surface area contributed by atoms with Gasteiger partial charge in [-0.05, 0) is 49.9 Å². The molecule has 4 N–H and O–H groups in total. The fraction of sp³-hybridized carbons (Fsp3) is 0.222. The van der Waals surface area contributed by atoms with Gasteiger partial charge >= 0.3 is 118 Å². The molecule has 8 aromatic carbocycles. The van der Waals surface area contributed by atoms with Crippen LogP contribution in [0.5, 0.6) is 92.0 Å². The molecule has 24 nitrogen and oxygen atoms in total. The average Bonchev–Trinajstić information content (AvgIpc) is 1.44. The van der Waals surface area contributed by atoms with Crippen molar-refractivity contribution in [2.24, 2.45) is 0 Å². The zero-order valence-electron chi connectivity index (χ0n) is 55.5. The van der Waals surface area contributed by atoms with Crippen molar-refractivity contribution >= 4 is 68.0 Å². The molecule has 17 rings (SSSR count). The van der Waals surface area contributed by atoms with Gasteiger partial charge in [0.25, 0.3) is 0 Å². The zero-order valence-corrected chi connectivity index (χ0v) is 63.5. The first-order valence-corrected chi connectivity index (χ1v) is 31.5. The number of aromatic amines is 4. The molecule has 8 bridgehead atoms. The van der Waals surface area contributed by atoms with Crippen molar-refractivity contribution in [2.45, 2.75) is 103 Å². The van der Waals surface area contributed by atoms with Gasteiger partial charge in [-0.2, -0.15) is 0 Å². The summed E-state index contributed by atoms with van der Waals surface area (Å²) < 4.78 is 58.0. The Morgan fingerprint density at radius 1 is 0.280 bits per heavy atom. The van der Waals surface area contributed by atoms with Crippen LogP contribution in [0.2, 0.25) is 0 Å².